The van der Waals surface area contributed by atoms with Crippen LogP contribution in [0, 0.1) is 0 Å². The van der Waals surface area contributed by atoms with E-state index in [9.17, 15) is 0 Å². The summed E-state index contributed by atoms with van der Waals surface area (Å²) >= 11 is 7.84. The van der Waals surface area contributed by atoms with E-state index in [2.05, 4.69) is 51.7 Å². The Balaban J connectivity index is 1.81. The predicted octanol–water partition coefficient (Wildman–Crippen LogP) is 7.00. The maximum Gasteiger partial charge on any atom is 0.230 e. The molecule has 1 heterocycles. The number of hydrogen-bond donors (Lipinski definition) is 1. The van der Waals surface area contributed by atoms with E-state index in [1.807, 2.05) is 49.4 Å². The molecule has 0 atom stereocenters. The molecule has 1 N–H and O–H groups in total. The fraction of sp³-hybridized carbons (Fsp3) is 0.240. The Morgan fingerprint density at radius 3 is 2.78 bits per heavy atom. The van der Waals surface area contributed by atoms with Gasteiger partial charge in [-0.3, -0.25) is 0 Å². The number of nitrogens with one attached hydrogen (secondary N) is 1. The quantitative estimate of drug-likeness (QED) is 0.324. The Morgan fingerprint density at radius 1 is 1.16 bits per heavy atom. The summed E-state index contributed by atoms with van der Waals surface area (Å²) < 4.78 is 6.11. The smallest absolute Gasteiger partial charge is 0.230 e. The van der Waals surface area contributed by atoms with E-state index >= 15 is 0 Å². The number of aromatic nitrogens is 3. The van der Waals surface area contributed by atoms with Crippen molar-refractivity contribution in [1.29, 1.82) is 0 Å². The molecule has 0 aliphatic heterocycles. The molecule has 3 rings (SSSR count). The number of benzene rings is 2. The fourth-order valence-electron chi connectivity index (χ4n) is 3.14. The van der Waals surface area contributed by atoms with Gasteiger partial charge in [0, 0.05) is 16.5 Å². The van der Waals surface area contributed by atoms with Gasteiger partial charge in [0.1, 0.15) is 18.7 Å². The highest BCUT2D eigenvalue weighted by molar-refractivity contribution is 7.97. The van der Waals surface area contributed by atoms with Gasteiger partial charge in [-0.1, -0.05) is 48.9 Å². The molecule has 7 heteroatoms. The average Bonchev–Trinajstić information content (AvgIpc) is 2.78. The van der Waals surface area contributed by atoms with Gasteiger partial charge in [0.2, 0.25) is 5.95 Å². The number of anilines is 2. The van der Waals surface area contributed by atoms with Gasteiger partial charge in [-0.15, -0.1) is 0 Å². The molecule has 0 radical (unpaired) electrons. The van der Waals surface area contributed by atoms with Gasteiger partial charge in [-0.25, -0.2) is 9.97 Å². The minimum atomic E-state index is 0.410. The van der Waals surface area contributed by atoms with Crippen LogP contribution in [-0.2, 0) is 5.75 Å². The van der Waals surface area contributed by atoms with Crippen LogP contribution in [0.4, 0.5) is 11.6 Å². The summed E-state index contributed by atoms with van der Waals surface area (Å²) in [4.78, 5) is 13.3. The molecule has 0 bridgehead atoms. The molecule has 0 fully saturated rings. The fourth-order valence-corrected chi connectivity index (χ4v) is 3.79. The summed E-state index contributed by atoms with van der Waals surface area (Å²) in [7, 11) is 0. The third kappa shape index (κ3) is 7.11. The Kier molecular flexibility index (Phi) is 9.13. The maximum atomic E-state index is 6.11. The van der Waals surface area contributed by atoms with Crippen LogP contribution in [0.25, 0.3) is 11.4 Å². The second-order valence-electron chi connectivity index (χ2n) is 7.09. The van der Waals surface area contributed by atoms with Gasteiger partial charge in [-0.05, 0) is 61.1 Å². The third-order valence-corrected chi connectivity index (χ3v) is 5.17. The van der Waals surface area contributed by atoms with Crippen molar-refractivity contribution in [2.24, 2.45) is 0 Å². The van der Waals surface area contributed by atoms with E-state index in [-0.39, 0.29) is 0 Å². The van der Waals surface area contributed by atoms with Gasteiger partial charge in [-0.2, -0.15) is 16.7 Å². The molecule has 0 aliphatic carbocycles. The largest absolute Gasteiger partial charge is 0.488 e. The first-order chi connectivity index (χ1) is 15.6. The van der Waals surface area contributed by atoms with E-state index < -0.39 is 0 Å². The zero-order chi connectivity index (χ0) is 22.8. The van der Waals surface area contributed by atoms with Crippen molar-refractivity contribution < 1.29 is 4.74 Å². The lowest BCUT2D eigenvalue weighted by molar-refractivity contribution is 0.356. The van der Waals surface area contributed by atoms with Gasteiger partial charge in [0.25, 0.3) is 0 Å². The number of hydrogen-bond acceptors (Lipinski definition) is 6. The topological polar surface area (TPSA) is 59.9 Å². The van der Waals surface area contributed by atoms with E-state index in [1.54, 1.807) is 11.8 Å². The molecule has 0 aliphatic rings. The highest BCUT2D eigenvalue weighted by atomic mass is 35.5. The summed E-state index contributed by atoms with van der Waals surface area (Å²) in [5, 5.41) is 4.00. The number of para-hydroxylation sites is 1. The Bertz CT molecular complexity index is 1100. The predicted molar refractivity (Wildman–Crippen MR) is 136 cm³/mol. The summed E-state index contributed by atoms with van der Waals surface area (Å²) in [6.45, 7) is 4.35. The lowest BCUT2D eigenvalue weighted by Crippen LogP contribution is -2.04. The van der Waals surface area contributed by atoms with Crippen molar-refractivity contribution in [3.05, 3.63) is 83.2 Å². The standard InChI is InChI=1S/C25H27ClN4OS/c1-4-8-19(13-18(2)26)15-31-23-12-6-5-11-22(23)24-27-17-28-25(30-24)29-21-10-7-9-20(14-21)16-32-3/h5-14,17H,4,15-16H2,1-3H3,(H,27,28,29,30)/b18-13+,19-8+. The second kappa shape index (κ2) is 12.3. The van der Waals surface area contributed by atoms with E-state index in [0.29, 0.717) is 24.1 Å². The summed E-state index contributed by atoms with van der Waals surface area (Å²) in [6.07, 6.45) is 8.53. The first-order valence-electron chi connectivity index (χ1n) is 10.4. The van der Waals surface area contributed by atoms with Gasteiger partial charge >= 0.3 is 0 Å². The first kappa shape index (κ1) is 23.8. The Morgan fingerprint density at radius 2 is 2.00 bits per heavy atom. The zero-order valence-electron chi connectivity index (χ0n) is 18.5. The molecule has 0 spiro atoms. The van der Waals surface area contributed by atoms with Crippen LogP contribution in [0.2, 0.25) is 0 Å². The monoisotopic (exact) mass is 466 g/mol. The summed E-state index contributed by atoms with van der Waals surface area (Å²) in [5.74, 6) is 2.69. The molecule has 166 valence electrons. The zero-order valence-corrected chi connectivity index (χ0v) is 20.1. The van der Waals surface area contributed by atoms with Gasteiger partial charge < -0.3 is 10.1 Å². The minimum Gasteiger partial charge on any atom is -0.488 e. The van der Waals surface area contributed by atoms with Crippen LogP contribution < -0.4 is 10.1 Å². The van der Waals surface area contributed by atoms with Crippen molar-refractivity contribution in [3.8, 4) is 17.1 Å². The number of thioether (sulfide) groups is 1. The molecular formula is C25H27ClN4OS. The van der Waals surface area contributed by atoms with E-state index in [0.717, 1.165) is 34.0 Å². The minimum absolute atomic E-state index is 0.410. The number of ether oxygens (including phenoxy) is 1. The Hall–Kier alpha value is -2.83. The first-order valence-corrected chi connectivity index (χ1v) is 12.1. The number of allylic oxidation sites excluding steroid dienone is 2. The normalized spacial score (nSPS) is 12.0. The lowest BCUT2D eigenvalue weighted by Gasteiger charge is -2.12. The van der Waals surface area contributed by atoms with Crippen LogP contribution in [0.15, 0.2) is 77.6 Å². The number of rotatable bonds is 10. The van der Waals surface area contributed by atoms with Crippen LogP contribution >= 0.6 is 23.4 Å². The van der Waals surface area contributed by atoms with Crippen molar-refractivity contribution >= 4 is 35.0 Å². The molecule has 3 aromatic rings. The number of nitrogens with zero attached hydrogens (tertiary/aromatic N) is 3. The van der Waals surface area contributed by atoms with Crippen LogP contribution in [0.1, 0.15) is 25.8 Å². The third-order valence-electron chi connectivity index (χ3n) is 4.44. The van der Waals surface area contributed by atoms with Gasteiger partial charge in [0.05, 0.1) is 5.56 Å². The van der Waals surface area contributed by atoms with E-state index in [4.69, 9.17) is 16.3 Å². The highest BCUT2D eigenvalue weighted by Gasteiger charge is 2.11. The average molecular weight is 467 g/mol. The molecule has 0 saturated carbocycles. The van der Waals surface area contributed by atoms with Crippen molar-refractivity contribution in [2.45, 2.75) is 26.0 Å². The molecule has 0 amide bonds. The summed E-state index contributed by atoms with van der Waals surface area (Å²) in [5.41, 5.74) is 4.01. The van der Waals surface area contributed by atoms with Crippen molar-refractivity contribution in [1.82, 2.24) is 15.0 Å². The van der Waals surface area contributed by atoms with Crippen LogP contribution in [0.3, 0.4) is 0 Å². The maximum absolute atomic E-state index is 6.11. The molecule has 2 aromatic carbocycles. The molecule has 32 heavy (non-hydrogen) atoms. The molecule has 0 saturated heterocycles. The van der Waals surface area contributed by atoms with Crippen molar-refractivity contribution in [3.63, 3.8) is 0 Å². The van der Waals surface area contributed by atoms with Crippen molar-refractivity contribution in [2.75, 3.05) is 18.2 Å². The molecular weight excluding hydrogens is 440 g/mol. The molecule has 0 unspecified atom stereocenters. The number of halogens is 1. The molecule has 5 nitrogen and oxygen atoms in total. The summed E-state index contributed by atoms with van der Waals surface area (Å²) in [6, 6.07) is 16.0. The van der Waals surface area contributed by atoms with Gasteiger partial charge in [0.15, 0.2) is 5.82 Å². The van der Waals surface area contributed by atoms with E-state index in [1.165, 1.54) is 11.9 Å². The van der Waals surface area contributed by atoms with Crippen LogP contribution in [-0.4, -0.2) is 27.8 Å². The highest BCUT2D eigenvalue weighted by Crippen LogP contribution is 2.28. The van der Waals surface area contributed by atoms with Crippen LogP contribution in [0.5, 0.6) is 5.75 Å². The SMILES string of the molecule is CC/C=C(\C=C(/C)Cl)COc1ccccc1-c1ncnc(Nc2cccc(CSC)c2)n1. The Labute approximate surface area is 199 Å². The lowest BCUT2D eigenvalue weighted by atomic mass is 10.2. The second-order valence-corrected chi connectivity index (χ2v) is 8.56. The molecule has 1 aromatic heterocycles.